The fourth-order valence-corrected chi connectivity index (χ4v) is 6.98. The van der Waals surface area contributed by atoms with Crippen molar-refractivity contribution in [2.24, 2.45) is 28.6 Å². The van der Waals surface area contributed by atoms with Crippen molar-refractivity contribution in [1.82, 2.24) is 0 Å². The summed E-state index contributed by atoms with van der Waals surface area (Å²) in [6, 6.07) is 0. The first-order valence-corrected chi connectivity index (χ1v) is 9.75. The predicted molar refractivity (Wildman–Crippen MR) is 95.7 cm³/mol. The zero-order chi connectivity index (χ0) is 19.1. The van der Waals surface area contributed by atoms with Gasteiger partial charge in [0.15, 0.2) is 5.60 Å². The van der Waals surface area contributed by atoms with Crippen LogP contribution in [-0.2, 0) is 0 Å². The number of aliphatic hydroxyl groups is 5. The normalized spacial score (nSPS) is 58.8. The van der Waals surface area contributed by atoms with Gasteiger partial charge in [-0.05, 0) is 60.8 Å². The summed E-state index contributed by atoms with van der Waals surface area (Å²) in [5.41, 5.74) is -1.75. The van der Waals surface area contributed by atoms with Crippen LogP contribution in [0.5, 0.6) is 0 Å². The zero-order valence-corrected chi connectivity index (χ0v) is 15.5. The van der Waals surface area contributed by atoms with Gasteiger partial charge in [-0.25, -0.2) is 0 Å². The Morgan fingerprint density at radius 2 is 1.77 bits per heavy atom. The van der Waals surface area contributed by atoms with E-state index in [4.69, 9.17) is 6.42 Å². The summed E-state index contributed by atoms with van der Waals surface area (Å²) < 4.78 is 0. The molecule has 4 aliphatic rings. The van der Waals surface area contributed by atoms with Crippen molar-refractivity contribution in [3.05, 3.63) is 11.6 Å². The van der Waals surface area contributed by atoms with Crippen molar-refractivity contribution in [3.8, 4) is 12.3 Å². The van der Waals surface area contributed by atoms with Crippen LogP contribution in [0.15, 0.2) is 11.6 Å². The molecule has 4 rings (SSSR count). The van der Waals surface area contributed by atoms with Gasteiger partial charge in [0.25, 0.3) is 0 Å². The van der Waals surface area contributed by atoms with Crippen molar-refractivity contribution >= 4 is 0 Å². The first kappa shape index (κ1) is 18.5. The van der Waals surface area contributed by atoms with Crippen LogP contribution in [0.4, 0.5) is 0 Å². The SMILES string of the molecule is C#C[C@]1(O)[C@@H](O)C[C@H]2[C@@H]3[C@H](O)C=C4[C@@H](O)[C@@H](O)CC[C@]4(C)[C@H]3CC[C@@]21C. The molecule has 4 aliphatic carbocycles. The Morgan fingerprint density at radius 3 is 2.42 bits per heavy atom. The van der Waals surface area contributed by atoms with Crippen molar-refractivity contribution in [2.75, 3.05) is 0 Å². The quantitative estimate of drug-likeness (QED) is 0.321. The lowest BCUT2D eigenvalue weighted by Gasteiger charge is -2.59. The predicted octanol–water partition coefficient (Wildman–Crippen LogP) is 0.587. The van der Waals surface area contributed by atoms with Gasteiger partial charge in [-0.15, -0.1) is 6.42 Å². The standard InChI is InChI=1S/C21H30O5/c1-4-21(26)16(24)10-12-17-11(5-8-20(12,21)3)19(2)7-6-14(22)18(25)13(19)9-15(17)23/h1,9,11-12,14-18,22-26H,5-8,10H2,2-3H3/t11-,12-,14-,15+,16-,17+,18+,19+,20-,21-/m0/s1. The van der Waals surface area contributed by atoms with Gasteiger partial charge >= 0.3 is 0 Å². The Morgan fingerprint density at radius 1 is 1.08 bits per heavy atom. The minimum Gasteiger partial charge on any atom is -0.390 e. The van der Waals surface area contributed by atoms with Gasteiger partial charge in [-0.2, -0.15) is 0 Å². The second kappa shape index (κ2) is 5.56. The van der Waals surface area contributed by atoms with Crippen LogP contribution in [0.1, 0.15) is 46.0 Å². The molecule has 0 spiro atoms. The lowest BCUT2D eigenvalue weighted by Crippen LogP contribution is -2.59. The molecule has 5 N–H and O–H groups in total. The third-order valence-corrected chi connectivity index (χ3v) is 8.64. The molecule has 144 valence electrons. The zero-order valence-electron chi connectivity index (χ0n) is 15.5. The fraction of sp³-hybridized carbons (Fsp3) is 0.810. The van der Waals surface area contributed by atoms with Gasteiger partial charge < -0.3 is 25.5 Å². The summed E-state index contributed by atoms with van der Waals surface area (Å²) in [7, 11) is 0. The van der Waals surface area contributed by atoms with Gasteiger partial charge in [0.1, 0.15) is 6.10 Å². The number of aliphatic hydroxyl groups excluding tert-OH is 4. The molecule has 0 aromatic carbocycles. The van der Waals surface area contributed by atoms with E-state index in [1.165, 1.54) is 0 Å². The third kappa shape index (κ3) is 2.00. The average molecular weight is 362 g/mol. The Kier molecular flexibility index (Phi) is 3.95. The number of rotatable bonds is 0. The highest BCUT2D eigenvalue weighted by Crippen LogP contribution is 2.67. The Balaban J connectivity index is 1.78. The molecule has 0 heterocycles. The van der Waals surface area contributed by atoms with E-state index in [0.29, 0.717) is 19.3 Å². The van der Waals surface area contributed by atoms with Crippen LogP contribution in [0.2, 0.25) is 0 Å². The van der Waals surface area contributed by atoms with E-state index >= 15 is 0 Å². The minimum absolute atomic E-state index is 0.0917. The molecule has 3 fully saturated rings. The molecule has 10 atom stereocenters. The monoisotopic (exact) mass is 362 g/mol. The van der Waals surface area contributed by atoms with Gasteiger partial charge in [-0.1, -0.05) is 25.8 Å². The first-order chi connectivity index (χ1) is 12.1. The Labute approximate surface area is 154 Å². The van der Waals surface area contributed by atoms with Crippen LogP contribution < -0.4 is 0 Å². The maximum absolute atomic E-state index is 11.0. The molecule has 0 aromatic heterocycles. The second-order valence-electron chi connectivity index (χ2n) is 9.49. The molecule has 26 heavy (non-hydrogen) atoms. The summed E-state index contributed by atoms with van der Waals surface area (Å²) in [5, 5.41) is 53.1. The second-order valence-corrected chi connectivity index (χ2v) is 9.49. The van der Waals surface area contributed by atoms with Crippen molar-refractivity contribution in [1.29, 1.82) is 0 Å². The van der Waals surface area contributed by atoms with Gasteiger partial charge in [0, 0.05) is 5.41 Å². The maximum Gasteiger partial charge on any atom is 0.156 e. The van der Waals surface area contributed by atoms with E-state index in [1.807, 2.05) is 6.92 Å². The number of terminal acetylenes is 1. The van der Waals surface area contributed by atoms with E-state index in [0.717, 1.165) is 18.4 Å². The van der Waals surface area contributed by atoms with Crippen LogP contribution in [0.25, 0.3) is 0 Å². The molecule has 5 heteroatoms. The first-order valence-electron chi connectivity index (χ1n) is 9.75. The smallest absolute Gasteiger partial charge is 0.156 e. The van der Waals surface area contributed by atoms with Crippen LogP contribution in [0.3, 0.4) is 0 Å². The van der Waals surface area contributed by atoms with Gasteiger partial charge in [0.2, 0.25) is 0 Å². The fourth-order valence-electron chi connectivity index (χ4n) is 6.98. The molecule has 0 aromatic rings. The van der Waals surface area contributed by atoms with Crippen LogP contribution >= 0.6 is 0 Å². The average Bonchev–Trinajstić information content (AvgIpc) is 2.81. The van der Waals surface area contributed by atoms with E-state index in [-0.39, 0.29) is 23.2 Å². The molecule has 0 radical (unpaired) electrons. The highest BCUT2D eigenvalue weighted by Gasteiger charge is 2.68. The Bertz CT molecular complexity index is 682. The largest absolute Gasteiger partial charge is 0.390 e. The summed E-state index contributed by atoms with van der Waals surface area (Å²) in [4.78, 5) is 0. The van der Waals surface area contributed by atoms with Crippen molar-refractivity contribution < 1.29 is 25.5 Å². The Hall–Kier alpha value is -0.900. The lowest BCUT2D eigenvalue weighted by atomic mass is 9.46. The molecule has 0 aliphatic heterocycles. The van der Waals surface area contributed by atoms with Crippen molar-refractivity contribution in [2.45, 2.75) is 76.0 Å². The third-order valence-electron chi connectivity index (χ3n) is 8.64. The molecular weight excluding hydrogens is 332 g/mol. The number of hydrogen-bond acceptors (Lipinski definition) is 5. The number of fused-ring (bicyclic) bond motifs is 5. The van der Waals surface area contributed by atoms with E-state index in [1.54, 1.807) is 6.08 Å². The molecule has 0 unspecified atom stereocenters. The highest BCUT2D eigenvalue weighted by atomic mass is 16.3. The molecular formula is C21H30O5. The topological polar surface area (TPSA) is 101 Å². The molecule has 0 saturated heterocycles. The van der Waals surface area contributed by atoms with Crippen LogP contribution in [-0.4, -0.2) is 55.5 Å². The lowest BCUT2D eigenvalue weighted by molar-refractivity contribution is -0.141. The van der Waals surface area contributed by atoms with Crippen LogP contribution in [0, 0.1) is 40.9 Å². The maximum atomic E-state index is 11.0. The van der Waals surface area contributed by atoms with E-state index in [2.05, 4.69) is 12.8 Å². The van der Waals surface area contributed by atoms with Gasteiger partial charge in [0.05, 0.1) is 18.3 Å². The molecule has 5 nitrogen and oxygen atoms in total. The van der Waals surface area contributed by atoms with E-state index < -0.39 is 35.4 Å². The highest BCUT2D eigenvalue weighted by molar-refractivity contribution is 5.34. The van der Waals surface area contributed by atoms with E-state index in [9.17, 15) is 25.5 Å². The molecule has 0 bridgehead atoms. The summed E-state index contributed by atoms with van der Waals surface area (Å²) in [6.07, 6.45) is 6.96. The molecule has 0 amide bonds. The summed E-state index contributed by atoms with van der Waals surface area (Å²) in [5.74, 6) is 2.37. The minimum atomic E-state index is -1.57. The summed E-state index contributed by atoms with van der Waals surface area (Å²) in [6.45, 7) is 4.07. The van der Waals surface area contributed by atoms with Gasteiger partial charge in [-0.3, -0.25) is 0 Å². The molecule has 3 saturated carbocycles. The van der Waals surface area contributed by atoms with Crippen molar-refractivity contribution in [3.63, 3.8) is 0 Å². The number of hydrogen-bond donors (Lipinski definition) is 5. The summed E-state index contributed by atoms with van der Waals surface area (Å²) >= 11 is 0.